The second-order valence-electron chi connectivity index (χ2n) is 9.12. The van der Waals surface area contributed by atoms with Gasteiger partial charge in [0.1, 0.15) is 18.2 Å². The van der Waals surface area contributed by atoms with Crippen LogP contribution in [0.4, 0.5) is 27.8 Å². The highest BCUT2D eigenvalue weighted by atomic mass is 32.2. The molecule has 2 aliphatic carbocycles. The van der Waals surface area contributed by atoms with Gasteiger partial charge in [-0.3, -0.25) is 14.1 Å². The Morgan fingerprint density at radius 1 is 1.18 bits per heavy atom. The molecular weight excluding hydrogens is 537 g/mol. The zero-order chi connectivity index (χ0) is 27.5. The minimum Gasteiger partial charge on any atom is -0.495 e. The number of methoxy groups -OCH3 is 1. The summed E-state index contributed by atoms with van der Waals surface area (Å²) in [7, 11) is -2.80. The average Bonchev–Trinajstić information content (AvgIpc) is 3.33. The number of fused-ring (bicyclic) bond motifs is 1. The summed E-state index contributed by atoms with van der Waals surface area (Å²) in [5.74, 6) is -0.954. The van der Waals surface area contributed by atoms with Gasteiger partial charge in [-0.25, -0.2) is 17.2 Å². The van der Waals surface area contributed by atoms with Gasteiger partial charge >= 0.3 is 6.18 Å². The second kappa shape index (κ2) is 8.96. The number of nitrogens with one attached hydrogen (secondary N) is 1. The quantitative estimate of drug-likeness (QED) is 0.430. The largest absolute Gasteiger partial charge is 0.495 e. The van der Waals surface area contributed by atoms with E-state index in [-0.39, 0.29) is 33.3 Å². The van der Waals surface area contributed by atoms with E-state index in [9.17, 15) is 30.8 Å². The van der Waals surface area contributed by atoms with Crippen molar-refractivity contribution < 1.29 is 39.6 Å². The van der Waals surface area contributed by atoms with Crippen LogP contribution in [0.3, 0.4) is 0 Å². The Balaban J connectivity index is 1.53. The number of rotatable bonds is 6. The third-order valence-electron chi connectivity index (χ3n) is 6.78. The van der Waals surface area contributed by atoms with E-state index in [1.807, 2.05) is 0 Å². The molecule has 0 aliphatic heterocycles. The van der Waals surface area contributed by atoms with Crippen molar-refractivity contribution in [1.82, 2.24) is 9.72 Å². The fourth-order valence-electron chi connectivity index (χ4n) is 4.79. The van der Waals surface area contributed by atoms with Gasteiger partial charge in [-0.1, -0.05) is 5.16 Å². The van der Waals surface area contributed by atoms with Crippen molar-refractivity contribution in [2.45, 2.75) is 42.2 Å². The van der Waals surface area contributed by atoms with Gasteiger partial charge in [-0.2, -0.15) is 13.2 Å². The lowest BCUT2D eigenvalue weighted by atomic mass is 9.66. The van der Waals surface area contributed by atoms with Gasteiger partial charge in [0.2, 0.25) is 5.67 Å². The molecule has 0 spiro atoms. The van der Waals surface area contributed by atoms with E-state index in [4.69, 9.17) is 4.74 Å². The van der Waals surface area contributed by atoms with Crippen LogP contribution in [0, 0.1) is 5.92 Å². The maximum absolute atomic E-state index is 15.3. The monoisotopic (exact) mass is 557 g/mol. The third-order valence-corrected chi connectivity index (χ3v) is 8.13. The highest BCUT2D eigenvalue weighted by Gasteiger charge is 2.64. The standard InChI is InChI=1S/C24H20F5N3O5S/c1-36-20-9-16(14-11-23(26,12-14)24(27,28)29)17(25)10-19(20)32-18-4-3-15(8-13(18)2-5-22(32)33)38(34,35)31-21-6-7-37-30-21/h2-9,14,17H,10-12H2,1H3,(H,30,31)/t14-,17?,23-. The Morgan fingerprint density at radius 2 is 1.92 bits per heavy atom. The van der Waals surface area contributed by atoms with Crippen LogP contribution in [-0.4, -0.2) is 43.3 Å². The Labute approximate surface area is 212 Å². The number of anilines is 1. The predicted octanol–water partition coefficient (Wildman–Crippen LogP) is 4.95. The molecule has 1 aromatic carbocycles. The summed E-state index contributed by atoms with van der Waals surface area (Å²) in [5, 5.41) is 3.83. The summed E-state index contributed by atoms with van der Waals surface area (Å²) in [6.07, 6.45) is -6.59. The topological polar surface area (TPSA) is 103 Å². The van der Waals surface area contributed by atoms with Crippen molar-refractivity contribution in [3.8, 4) is 0 Å². The fourth-order valence-corrected chi connectivity index (χ4v) is 5.81. The molecule has 1 fully saturated rings. The zero-order valence-corrected chi connectivity index (χ0v) is 20.4. The van der Waals surface area contributed by atoms with Gasteiger partial charge in [-0.15, -0.1) is 0 Å². The molecule has 2 aliphatic rings. The van der Waals surface area contributed by atoms with Gasteiger partial charge in [-0.05, 0) is 54.7 Å². The lowest BCUT2D eigenvalue weighted by Crippen LogP contribution is -2.52. The molecule has 1 unspecified atom stereocenters. The van der Waals surface area contributed by atoms with Crippen LogP contribution in [-0.2, 0) is 14.8 Å². The number of ether oxygens (including phenoxy) is 1. The molecular formula is C24H20F5N3O5S. The first-order valence-electron chi connectivity index (χ1n) is 11.3. The van der Waals surface area contributed by atoms with Gasteiger partial charge in [0.15, 0.2) is 5.82 Å². The Bertz CT molecular complexity index is 1620. The maximum atomic E-state index is 15.3. The minimum absolute atomic E-state index is 0.0243. The van der Waals surface area contributed by atoms with E-state index >= 15 is 4.39 Å². The number of hydrogen-bond donors (Lipinski definition) is 1. The molecule has 0 radical (unpaired) electrons. The fraction of sp³-hybridized carbons (Fsp3) is 0.333. The first-order chi connectivity index (χ1) is 17.8. The van der Waals surface area contributed by atoms with E-state index in [0.717, 1.165) is 4.57 Å². The Kier molecular flexibility index (Phi) is 6.12. The summed E-state index contributed by atoms with van der Waals surface area (Å²) in [4.78, 5) is 12.7. The van der Waals surface area contributed by atoms with Gasteiger partial charge in [0, 0.05) is 23.9 Å². The van der Waals surface area contributed by atoms with Gasteiger partial charge < -0.3 is 9.26 Å². The van der Waals surface area contributed by atoms with E-state index in [1.165, 1.54) is 55.8 Å². The van der Waals surface area contributed by atoms with Gasteiger partial charge in [0.05, 0.1) is 23.2 Å². The molecule has 5 rings (SSSR count). The van der Waals surface area contributed by atoms with Crippen LogP contribution in [0.15, 0.2) is 74.3 Å². The summed E-state index contributed by atoms with van der Waals surface area (Å²) >= 11 is 0. The van der Waals surface area contributed by atoms with Crippen LogP contribution in [0.1, 0.15) is 19.3 Å². The number of benzene rings is 1. The number of allylic oxidation sites excluding steroid dienone is 3. The van der Waals surface area contributed by atoms with Crippen molar-refractivity contribution in [2.75, 3.05) is 11.8 Å². The van der Waals surface area contributed by atoms with E-state index in [2.05, 4.69) is 14.4 Å². The molecule has 0 bridgehead atoms. The molecule has 14 heteroatoms. The molecule has 1 saturated carbocycles. The smallest absolute Gasteiger partial charge is 0.422 e. The third kappa shape index (κ3) is 4.36. The van der Waals surface area contributed by atoms with E-state index < -0.39 is 58.8 Å². The second-order valence-corrected chi connectivity index (χ2v) is 10.8. The van der Waals surface area contributed by atoms with E-state index in [0.29, 0.717) is 5.39 Å². The summed E-state index contributed by atoms with van der Waals surface area (Å²) < 4.78 is 107. The normalized spacial score (nSPS) is 24.2. The van der Waals surface area contributed by atoms with Crippen molar-refractivity contribution in [1.29, 1.82) is 0 Å². The number of alkyl halides is 5. The zero-order valence-electron chi connectivity index (χ0n) is 19.6. The summed E-state index contributed by atoms with van der Waals surface area (Å²) in [6, 6.07) is 7.81. The Hall–Kier alpha value is -3.68. The molecule has 202 valence electrons. The van der Waals surface area contributed by atoms with E-state index in [1.54, 1.807) is 0 Å². The highest BCUT2D eigenvalue weighted by Crippen LogP contribution is 2.55. The number of hydrogen-bond acceptors (Lipinski definition) is 6. The van der Waals surface area contributed by atoms with Gasteiger partial charge in [0.25, 0.3) is 15.6 Å². The Morgan fingerprint density at radius 3 is 2.55 bits per heavy atom. The molecule has 2 aromatic heterocycles. The molecule has 38 heavy (non-hydrogen) atoms. The minimum atomic E-state index is -5.04. The summed E-state index contributed by atoms with van der Waals surface area (Å²) in [6.45, 7) is 0. The predicted molar refractivity (Wildman–Crippen MR) is 126 cm³/mol. The number of nitrogens with zero attached hydrogens (tertiary/aromatic N) is 2. The van der Waals surface area contributed by atoms with Crippen LogP contribution < -0.4 is 10.3 Å². The van der Waals surface area contributed by atoms with Crippen LogP contribution in [0.2, 0.25) is 0 Å². The number of halogens is 5. The first kappa shape index (κ1) is 25.9. The first-order valence-corrected chi connectivity index (χ1v) is 12.8. The SMILES string of the molecule is COC1=C(n2c(=O)ccc3cc(S(=O)(=O)Nc4ccon4)ccc32)CC(F)C([C@H]2C[C@@](F)(C(F)(F)F)C2)=C1. The van der Waals surface area contributed by atoms with Crippen molar-refractivity contribution >= 4 is 32.4 Å². The molecule has 0 saturated heterocycles. The lowest BCUT2D eigenvalue weighted by molar-refractivity contribution is -0.264. The molecule has 1 N–H and O–H groups in total. The van der Waals surface area contributed by atoms with Crippen LogP contribution in [0.25, 0.3) is 16.6 Å². The van der Waals surface area contributed by atoms with Crippen molar-refractivity contribution in [3.63, 3.8) is 0 Å². The maximum Gasteiger partial charge on any atom is 0.422 e. The van der Waals surface area contributed by atoms with Crippen molar-refractivity contribution in [2.24, 2.45) is 5.92 Å². The highest BCUT2D eigenvalue weighted by molar-refractivity contribution is 7.92. The molecule has 2 heterocycles. The number of aromatic nitrogens is 2. The van der Waals surface area contributed by atoms with Crippen LogP contribution >= 0.6 is 0 Å². The average molecular weight is 557 g/mol. The molecule has 8 nitrogen and oxygen atoms in total. The lowest BCUT2D eigenvalue weighted by Gasteiger charge is -2.44. The number of pyridine rings is 1. The van der Waals surface area contributed by atoms with Crippen molar-refractivity contribution in [3.05, 3.63) is 70.4 Å². The number of sulfonamides is 1. The van der Waals surface area contributed by atoms with Crippen LogP contribution in [0.5, 0.6) is 0 Å². The summed E-state index contributed by atoms with van der Waals surface area (Å²) in [5.41, 5.74) is -3.61. The molecule has 3 aromatic rings. The molecule has 0 amide bonds. The molecule has 1 atom stereocenters.